The molecule has 1 saturated carbocycles. The molecule has 4 nitrogen and oxygen atoms in total. The van der Waals surface area contributed by atoms with Gasteiger partial charge in [-0.1, -0.05) is 12.1 Å². The summed E-state index contributed by atoms with van der Waals surface area (Å²) < 4.78 is 5.18. The van der Waals surface area contributed by atoms with Crippen LogP contribution in [0, 0.1) is 5.92 Å². The molecule has 0 heterocycles. The van der Waals surface area contributed by atoms with Gasteiger partial charge in [-0.2, -0.15) is 0 Å². The molecular formula is C14H19NO3. The van der Waals surface area contributed by atoms with Gasteiger partial charge in [-0.3, -0.25) is 9.69 Å². The fourth-order valence-electron chi connectivity index (χ4n) is 2.07. The first-order chi connectivity index (χ1) is 8.67. The molecule has 0 bridgehead atoms. The summed E-state index contributed by atoms with van der Waals surface area (Å²) in [7, 11) is 1.64. The monoisotopic (exact) mass is 249 g/mol. The molecule has 1 aromatic rings. The van der Waals surface area contributed by atoms with Gasteiger partial charge >= 0.3 is 5.97 Å². The van der Waals surface area contributed by atoms with E-state index in [1.807, 2.05) is 29.2 Å². The molecule has 0 radical (unpaired) electrons. The minimum Gasteiger partial charge on any atom is -0.497 e. The van der Waals surface area contributed by atoms with Crippen LogP contribution in [0.1, 0.15) is 18.4 Å². The lowest BCUT2D eigenvalue weighted by atomic mass is 10.2. The van der Waals surface area contributed by atoms with Gasteiger partial charge in [0, 0.05) is 13.1 Å². The SMILES string of the molecule is COc1cccc(CN(CC(=O)O)CC2CC2)c1. The van der Waals surface area contributed by atoms with Crippen LogP contribution in [0.4, 0.5) is 0 Å². The van der Waals surface area contributed by atoms with Crippen molar-refractivity contribution >= 4 is 5.97 Å². The maximum atomic E-state index is 10.9. The average molecular weight is 249 g/mol. The number of ether oxygens (including phenoxy) is 1. The second kappa shape index (κ2) is 5.87. The molecule has 98 valence electrons. The summed E-state index contributed by atoms with van der Waals surface area (Å²) in [6.07, 6.45) is 2.46. The normalized spacial score (nSPS) is 14.8. The third-order valence-corrected chi connectivity index (χ3v) is 3.11. The van der Waals surface area contributed by atoms with Crippen molar-refractivity contribution < 1.29 is 14.6 Å². The van der Waals surface area contributed by atoms with E-state index in [9.17, 15) is 4.79 Å². The van der Waals surface area contributed by atoms with Crippen LogP contribution < -0.4 is 4.74 Å². The van der Waals surface area contributed by atoms with E-state index >= 15 is 0 Å². The van der Waals surface area contributed by atoms with E-state index in [0.717, 1.165) is 17.9 Å². The van der Waals surface area contributed by atoms with Gasteiger partial charge in [0.2, 0.25) is 0 Å². The Morgan fingerprint density at radius 3 is 2.89 bits per heavy atom. The number of hydrogen-bond donors (Lipinski definition) is 1. The first kappa shape index (κ1) is 12.9. The largest absolute Gasteiger partial charge is 0.497 e. The van der Waals surface area contributed by atoms with Gasteiger partial charge in [-0.25, -0.2) is 0 Å². The highest BCUT2D eigenvalue weighted by atomic mass is 16.5. The maximum absolute atomic E-state index is 10.9. The number of carboxylic acids is 1. The summed E-state index contributed by atoms with van der Waals surface area (Å²) in [6, 6.07) is 7.79. The second-order valence-corrected chi connectivity index (χ2v) is 4.86. The number of rotatable bonds is 7. The molecule has 1 fully saturated rings. The first-order valence-corrected chi connectivity index (χ1v) is 6.24. The van der Waals surface area contributed by atoms with Crippen LogP contribution in [0.2, 0.25) is 0 Å². The fraction of sp³-hybridized carbons (Fsp3) is 0.500. The number of nitrogens with zero attached hydrogens (tertiary/aromatic N) is 1. The Morgan fingerprint density at radius 2 is 2.28 bits per heavy atom. The lowest BCUT2D eigenvalue weighted by Crippen LogP contribution is -2.31. The van der Waals surface area contributed by atoms with Gasteiger partial charge in [0.15, 0.2) is 0 Å². The van der Waals surface area contributed by atoms with Gasteiger partial charge < -0.3 is 9.84 Å². The molecule has 1 aliphatic rings. The van der Waals surface area contributed by atoms with Gasteiger partial charge in [0.25, 0.3) is 0 Å². The van der Waals surface area contributed by atoms with E-state index in [-0.39, 0.29) is 6.54 Å². The van der Waals surface area contributed by atoms with E-state index in [2.05, 4.69) is 0 Å². The minimum absolute atomic E-state index is 0.105. The lowest BCUT2D eigenvalue weighted by molar-refractivity contribution is -0.138. The number of carbonyl (C=O) groups is 1. The van der Waals surface area contributed by atoms with Crippen molar-refractivity contribution in [2.24, 2.45) is 5.92 Å². The standard InChI is InChI=1S/C14H19NO3/c1-18-13-4-2-3-12(7-13)9-15(10-14(16)17)8-11-5-6-11/h2-4,7,11H,5-6,8-10H2,1H3,(H,16,17). The Labute approximate surface area is 107 Å². The van der Waals surface area contributed by atoms with Crippen LogP contribution in [-0.4, -0.2) is 36.2 Å². The number of carboxylic acid groups (broad SMARTS) is 1. The Balaban J connectivity index is 1.98. The molecule has 1 N–H and O–H groups in total. The molecule has 0 amide bonds. The summed E-state index contributed by atoms with van der Waals surface area (Å²) in [5, 5.41) is 8.93. The van der Waals surface area contributed by atoms with E-state index in [1.165, 1.54) is 12.8 Å². The van der Waals surface area contributed by atoms with Gasteiger partial charge in [0.05, 0.1) is 13.7 Å². The number of benzene rings is 1. The molecule has 1 aromatic carbocycles. The predicted molar refractivity (Wildman–Crippen MR) is 68.6 cm³/mol. The molecule has 0 unspecified atom stereocenters. The number of hydrogen-bond acceptors (Lipinski definition) is 3. The second-order valence-electron chi connectivity index (χ2n) is 4.86. The van der Waals surface area contributed by atoms with Crippen LogP contribution in [0.25, 0.3) is 0 Å². The van der Waals surface area contributed by atoms with Crippen molar-refractivity contribution in [2.75, 3.05) is 20.2 Å². The first-order valence-electron chi connectivity index (χ1n) is 6.24. The van der Waals surface area contributed by atoms with Crippen molar-refractivity contribution in [1.29, 1.82) is 0 Å². The molecule has 0 atom stereocenters. The molecule has 2 rings (SSSR count). The van der Waals surface area contributed by atoms with Crippen LogP contribution in [0.15, 0.2) is 24.3 Å². The fourth-order valence-corrected chi connectivity index (χ4v) is 2.07. The lowest BCUT2D eigenvalue weighted by Gasteiger charge is -2.20. The zero-order valence-electron chi connectivity index (χ0n) is 10.6. The summed E-state index contributed by atoms with van der Waals surface area (Å²) >= 11 is 0. The van der Waals surface area contributed by atoms with Gasteiger partial charge in [-0.05, 0) is 36.5 Å². The van der Waals surface area contributed by atoms with E-state index < -0.39 is 5.97 Å². The Morgan fingerprint density at radius 1 is 1.50 bits per heavy atom. The predicted octanol–water partition coefficient (Wildman–Crippen LogP) is 1.99. The van der Waals surface area contributed by atoms with E-state index in [0.29, 0.717) is 12.5 Å². The van der Waals surface area contributed by atoms with Gasteiger partial charge in [0.1, 0.15) is 5.75 Å². The van der Waals surface area contributed by atoms with Crippen LogP contribution in [-0.2, 0) is 11.3 Å². The summed E-state index contributed by atoms with van der Waals surface area (Å²) in [4.78, 5) is 12.9. The third-order valence-electron chi connectivity index (χ3n) is 3.11. The van der Waals surface area contributed by atoms with Crippen LogP contribution in [0.5, 0.6) is 5.75 Å². The smallest absolute Gasteiger partial charge is 0.317 e. The molecule has 0 saturated heterocycles. The molecule has 0 spiro atoms. The zero-order valence-corrected chi connectivity index (χ0v) is 10.6. The molecular weight excluding hydrogens is 230 g/mol. The molecule has 18 heavy (non-hydrogen) atoms. The summed E-state index contributed by atoms with van der Waals surface area (Å²) in [5.74, 6) is 0.739. The van der Waals surface area contributed by atoms with Crippen molar-refractivity contribution in [2.45, 2.75) is 19.4 Å². The Kier molecular flexibility index (Phi) is 4.20. The number of aliphatic carboxylic acids is 1. The Hall–Kier alpha value is -1.55. The zero-order chi connectivity index (χ0) is 13.0. The van der Waals surface area contributed by atoms with Gasteiger partial charge in [-0.15, -0.1) is 0 Å². The molecule has 1 aliphatic carbocycles. The molecule has 0 aromatic heterocycles. The van der Waals surface area contributed by atoms with Crippen molar-refractivity contribution in [1.82, 2.24) is 4.90 Å². The third kappa shape index (κ3) is 4.04. The minimum atomic E-state index is -0.765. The van der Waals surface area contributed by atoms with E-state index in [4.69, 9.17) is 9.84 Å². The van der Waals surface area contributed by atoms with Crippen molar-refractivity contribution in [3.8, 4) is 5.75 Å². The highest BCUT2D eigenvalue weighted by molar-refractivity contribution is 5.69. The summed E-state index contributed by atoms with van der Waals surface area (Å²) in [6.45, 7) is 1.65. The highest BCUT2D eigenvalue weighted by Gasteiger charge is 2.25. The maximum Gasteiger partial charge on any atom is 0.317 e. The van der Waals surface area contributed by atoms with E-state index in [1.54, 1.807) is 7.11 Å². The Bertz CT molecular complexity index is 415. The molecule has 4 heteroatoms. The van der Waals surface area contributed by atoms with Crippen LogP contribution >= 0.6 is 0 Å². The molecule has 0 aliphatic heterocycles. The van der Waals surface area contributed by atoms with Crippen molar-refractivity contribution in [3.05, 3.63) is 29.8 Å². The summed E-state index contributed by atoms with van der Waals surface area (Å²) in [5.41, 5.74) is 1.09. The average Bonchev–Trinajstić information content (AvgIpc) is 3.12. The van der Waals surface area contributed by atoms with Crippen LogP contribution in [0.3, 0.4) is 0 Å². The highest BCUT2D eigenvalue weighted by Crippen LogP contribution is 2.30. The quantitative estimate of drug-likeness (QED) is 0.803. The van der Waals surface area contributed by atoms with Crippen molar-refractivity contribution in [3.63, 3.8) is 0 Å². The topological polar surface area (TPSA) is 49.8 Å². The number of methoxy groups -OCH3 is 1.